The van der Waals surface area contributed by atoms with Crippen molar-refractivity contribution < 1.29 is 9.84 Å². The van der Waals surface area contributed by atoms with Gasteiger partial charge in [-0.1, -0.05) is 34.6 Å². The van der Waals surface area contributed by atoms with E-state index < -0.39 is 6.10 Å². The molecule has 112 valence electrons. The van der Waals surface area contributed by atoms with Crippen molar-refractivity contribution in [3.8, 4) is 0 Å². The quantitative estimate of drug-likeness (QED) is 0.779. The lowest BCUT2D eigenvalue weighted by Gasteiger charge is -2.42. The highest BCUT2D eigenvalue weighted by atomic mass is 16.5. The average molecular weight is 269 g/mol. The Kier molecular flexibility index (Phi) is 4.29. The van der Waals surface area contributed by atoms with Crippen molar-refractivity contribution in [1.82, 2.24) is 5.32 Å². The molecule has 0 aromatic heterocycles. The standard InChI is InChI=1S/C16H31NO2/c1-11(2)17-9-13(18)10-19-14-15(3,4)12-6-7-16(14,5)8-12/h11-14,17-18H,6-10H2,1-5H3. The molecule has 2 aliphatic rings. The minimum atomic E-state index is -0.402. The molecule has 2 bridgehead atoms. The van der Waals surface area contributed by atoms with Gasteiger partial charge in [-0.15, -0.1) is 0 Å². The lowest BCUT2D eigenvalue weighted by atomic mass is 9.70. The lowest BCUT2D eigenvalue weighted by Crippen LogP contribution is -2.44. The summed E-state index contributed by atoms with van der Waals surface area (Å²) in [5, 5.41) is 13.3. The number of hydrogen-bond acceptors (Lipinski definition) is 3. The van der Waals surface area contributed by atoms with E-state index in [1.165, 1.54) is 19.3 Å². The van der Waals surface area contributed by atoms with Crippen molar-refractivity contribution in [2.75, 3.05) is 13.2 Å². The Balaban J connectivity index is 1.85. The van der Waals surface area contributed by atoms with Crippen LogP contribution in [0.2, 0.25) is 0 Å². The Bertz CT molecular complexity index is 311. The molecule has 3 heteroatoms. The molecule has 19 heavy (non-hydrogen) atoms. The van der Waals surface area contributed by atoms with Crippen molar-refractivity contribution in [2.24, 2.45) is 16.7 Å². The molecule has 0 aliphatic heterocycles. The van der Waals surface area contributed by atoms with Crippen LogP contribution < -0.4 is 5.32 Å². The molecule has 2 saturated carbocycles. The highest BCUT2D eigenvalue weighted by Gasteiger charge is 2.60. The Hall–Kier alpha value is -0.120. The molecular formula is C16H31NO2. The topological polar surface area (TPSA) is 41.5 Å². The summed E-state index contributed by atoms with van der Waals surface area (Å²) < 4.78 is 6.16. The number of nitrogens with one attached hydrogen (secondary N) is 1. The smallest absolute Gasteiger partial charge is 0.0897 e. The van der Waals surface area contributed by atoms with Crippen LogP contribution in [0.15, 0.2) is 0 Å². The normalized spacial score (nSPS) is 38.1. The van der Waals surface area contributed by atoms with Gasteiger partial charge in [-0.3, -0.25) is 0 Å². The molecule has 0 heterocycles. The Morgan fingerprint density at radius 1 is 1.32 bits per heavy atom. The van der Waals surface area contributed by atoms with Gasteiger partial charge in [0.15, 0.2) is 0 Å². The van der Waals surface area contributed by atoms with E-state index >= 15 is 0 Å². The fraction of sp³-hybridized carbons (Fsp3) is 1.00. The first-order valence-electron chi connectivity index (χ1n) is 7.79. The zero-order valence-electron chi connectivity index (χ0n) is 13.2. The maximum absolute atomic E-state index is 10.00. The molecule has 0 spiro atoms. The zero-order chi connectivity index (χ0) is 14.3. The van der Waals surface area contributed by atoms with E-state index in [0.29, 0.717) is 30.7 Å². The second-order valence-corrected chi connectivity index (χ2v) is 7.85. The molecule has 0 amide bonds. The van der Waals surface area contributed by atoms with Gasteiger partial charge in [0.1, 0.15) is 0 Å². The predicted octanol–water partition coefficient (Wildman–Crippen LogP) is 2.58. The maximum Gasteiger partial charge on any atom is 0.0897 e. The summed E-state index contributed by atoms with van der Waals surface area (Å²) in [6.45, 7) is 12.3. The molecule has 4 unspecified atom stereocenters. The van der Waals surface area contributed by atoms with Crippen molar-refractivity contribution in [3.05, 3.63) is 0 Å². The number of aliphatic hydroxyl groups is 1. The van der Waals surface area contributed by atoms with E-state index in [0.717, 1.165) is 5.92 Å². The third kappa shape index (κ3) is 2.98. The molecule has 2 fully saturated rings. The van der Waals surface area contributed by atoms with E-state index in [2.05, 4.69) is 39.9 Å². The van der Waals surface area contributed by atoms with Crippen LogP contribution >= 0.6 is 0 Å². The molecule has 2 rings (SSSR count). The molecular weight excluding hydrogens is 238 g/mol. The Morgan fingerprint density at radius 3 is 2.53 bits per heavy atom. The van der Waals surface area contributed by atoms with E-state index in [1.807, 2.05) is 0 Å². The van der Waals surface area contributed by atoms with E-state index in [-0.39, 0.29) is 5.41 Å². The summed E-state index contributed by atoms with van der Waals surface area (Å²) in [5.74, 6) is 0.799. The van der Waals surface area contributed by atoms with E-state index in [1.54, 1.807) is 0 Å². The van der Waals surface area contributed by atoms with Crippen LogP contribution in [0.5, 0.6) is 0 Å². The van der Waals surface area contributed by atoms with Gasteiger partial charge >= 0.3 is 0 Å². The second kappa shape index (κ2) is 5.34. The average Bonchev–Trinajstić information content (AvgIpc) is 2.77. The van der Waals surface area contributed by atoms with E-state index in [4.69, 9.17) is 4.74 Å². The van der Waals surface area contributed by atoms with Gasteiger partial charge in [-0.05, 0) is 36.0 Å². The Morgan fingerprint density at radius 2 is 2.00 bits per heavy atom. The summed E-state index contributed by atoms with van der Waals surface area (Å²) in [6.07, 6.45) is 3.83. The highest BCUT2D eigenvalue weighted by molar-refractivity contribution is 5.09. The summed E-state index contributed by atoms with van der Waals surface area (Å²) >= 11 is 0. The zero-order valence-corrected chi connectivity index (χ0v) is 13.2. The third-order valence-electron chi connectivity index (χ3n) is 5.35. The maximum atomic E-state index is 10.00. The van der Waals surface area contributed by atoms with Crippen LogP contribution in [0.3, 0.4) is 0 Å². The minimum absolute atomic E-state index is 0.262. The molecule has 2 aliphatic carbocycles. The number of ether oxygens (including phenoxy) is 1. The van der Waals surface area contributed by atoms with Crippen LogP contribution in [0.4, 0.5) is 0 Å². The van der Waals surface area contributed by atoms with Crippen molar-refractivity contribution in [3.63, 3.8) is 0 Å². The van der Waals surface area contributed by atoms with Crippen molar-refractivity contribution >= 4 is 0 Å². The molecule has 2 N–H and O–H groups in total. The van der Waals surface area contributed by atoms with Gasteiger partial charge < -0.3 is 15.2 Å². The molecule has 3 nitrogen and oxygen atoms in total. The molecule has 4 atom stereocenters. The fourth-order valence-electron chi connectivity index (χ4n) is 4.31. The third-order valence-corrected chi connectivity index (χ3v) is 5.35. The largest absolute Gasteiger partial charge is 0.389 e. The van der Waals surface area contributed by atoms with Crippen LogP contribution in [-0.4, -0.2) is 36.5 Å². The van der Waals surface area contributed by atoms with Crippen LogP contribution in [0.25, 0.3) is 0 Å². The monoisotopic (exact) mass is 269 g/mol. The SMILES string of the molecule is CC(C)NCC(O)COC1C2(C)CCC(C2)C1(C)C. The van der Waals surface area contributed by atoms with Gasteiger partial charge in [-0.25, -0.2) is 0 Å². The molecule has 0 aromatic rings. The first kappa shape index (κ1) is 15.3. The summed E-state index contributed by atoms with van der Waals surface area (Å²) in [7, 11) is 0. The number of aliphatic hydroxyl groups excluding tert-OH is 1. The van der Waals surface area contributed by atoms with E-state index in [9.17, 15) is 5.11 Å². The molecule has 0 aromatic carbocycles. The predicted molar refractivity (Wildman–Crippen MR) is 78.1 cm³/mol. The number of fused-ring (bicyclic) bond motifs is 2. The van der Waals surface area contributed by atoms with Crippen LogP contribution in [0, 0.1) is 16.7 Å². The summed E-state index contributed by atoms with van der Waals surface area (Å²) in [5.41, 5.74) is 0.595. The van der Waals surface area contributed by atoms with Crippen molar-refractivity contribution in [1.29, 1.82) is 0 Å². The lowest BCUT2D eigenvalue weighted by molar-refractivity contribution is -0.110. The fourth-order valence-corrected chi connectivity index (χ4v) is 4.31. The minimum Gasteiger partial charge on any atom is -0.389 e. The molecule has 0 saturated heterocycles. The van der Waals surface area contributed by atoms with Gasteiger partial charge in [0.2, 0.25) is 0 Å². The van der Waals surface area contributed by atoms with Gasteiger partial charge in [0.05, 0.1) is 18.8 Å². The van der Waals surface area contributed by atoms with Crippen LogP contribution in [-0.2, 0) is 4.74 Å². The first-order chi connectivity index (χ1) is 8.75. The van der Waals surface area contributed by atoms with Crippen molar-refractivity contribution in [2.45, 2.75) is 72.1 Å². The van der Waals surface area contributed by atoms with Gasteiger partial charge in [-0.2, -0.15) is 0 Å². The molecule has 0 radical (unpaired) electrons. The van der Waals surface area contributed by atoms with Gasteiger partial charge in [0.25, 0.3) is 0 Å². The second-order valence-electron chi connectivity index (χ2n) is 7.85. The number of hydrogen-bond donors (Lipinski definition) is 2. The summed E-state index contributed by atoms with van der Waals surface area (Å²) in [6, 6.07) is 0.408. The van der Waals surface area contributed by atoms with Crippen LogP contribution in [0.1, 0.15) is 53.9 Å². The first-order valence-corrected chi connectivity index (χ1v) is 7.79. The van der Waals surface area contributed by atoms with Gasteiger partial charge in [0, 0.05) is 12.6 Å². The number of rotatable bonds is 6. The Labute approximate surface area is 118 Å². The summed E-state index contributed by atoms with van der Waals surface area (Å²) in [4.78, 5) is 0. The highest BCUT2D eigenvalue weighted by Crippen LogP contribution is 2.63.